The zero-order chi connectivity index (χ0) is 14.4. The number of carbonyl (C=O) groups excluding carboxylic acids is 1. The molecular weight excluding hydrogens is 320 g/mol. The molecule has 0 unspecified atom stereocenters. The van der Waals surface area contributed by atoms with Gasteiger partial charge in [0.25, 0.3) is 5.91 Å². The summed E-state index contributed by atoms with van der Waals surface area (Å²) in [5, 5.41) is 3.92. The van der Waals surface area contributed by atoms with E-state index in [1.165, 1.54) is 0 Å². The zero-order valence-electron chi connectivity index (χ0n) is 10.8. The highest BCUT2D eigenvalue weighted by atomic mass is 79.9. The lowest BCUT2D eigenvalue weighted by molar-refractivity contribution is 0.0955. The molecule has 5 heteroatoms. The highest BCUT2D eigenvalue weighted by Gasteiger charge is 2.04. The Morgan fingerprint density at radius 3 is 2.70 bits per heavy atom. The number of nitrogens with one attached hydrogen (secondary N) is 1. The molecule has 20 heavy (non-hydrogen) atoms. The van der Waals surface area contributed by atoms with Gasteiger partial charge in [-0.1, -0.05) is 34.1 Å². The number of amides is 1. The smallest absolute Gasteiger partial charge is 0.271 e. The maximum atomic E-state index is 11.9. The first-order valence-electron chi connectivity index (χ1n) is 5.92. The van der Waals surface area contributed by atoms with Gasteiger partial charge < -0.3 is 4.74 Å². The van der Waals surface area contributed by atoms with Gasteiger partial charge in [-0.3, -0.25) is 4.79 Å². The van der Waals surface area contributed by atoms with Crippen molar-refractivity contribution in [3.8, 4) is 5.75 Å². The van der Waals surface area contributed by atoms with Gasteiger partial charge >= 0.3 is 0 Å². The molecule has 0 saturated heterocycles. The number of nitrogens with zero attached hydrogens (tertiary/aromatic N) is 1. The van der Waals surface area contributed by atoms with Gasteiger partial charge in [0, 0.05) is 10.0 Å². The van der Waals surface area contributed by atoms with Crippen molar-refractivity contribution in [3.63, 3.8) is 0 Å². The van der Waals surface area contributed by atoms with Crippen molar-refractivity contribution >= 4 is 28.1 Å². The van der Waals surface area contributed by atoms with Crippen molar-refractivity contribution in [2.24, 2.45) is 5.10 Å². The minimum atomic E-state index is -0.280. The van der Waals surface area contributed by atoms with Crippen LogP contribution < -0.4 is 10.2 Å². The largest absolute Gasteiger partial charge is 0.497 e. The summed E-state index contributed by atoms with van der Waals surface area (Å²) in [6.45, 7) is 0. The number of benzene rings is 2. The minimum Gasteiger partial charge on any atom is -0.497 e. The molecule has 2 aromatic rings. The minimum absolute atomic E-state index is 0.280. The molecule has 0 spiro atoms. The van der Waals surface area contributed by atoms with Crippen molar-refractivity contribution in [2.75, 3.05) is 7.11 Å². The number of carbonyl (C=O) groups is 1. The molecule has 0 aromatic heterocycles. The Kier molecular flexibility index (Phi) is 4.90. The average Bonchev–Trinajstić information content (AvgIpc) is 2.49. The second-order valence-electron chi connectivity index (χ2n) is 3.98. The van der Waals surface area contributed by atoms with Crippen LogP contribution in [0.4, 0.5) is 0 Å². The monoisotopic (exact) mass is 332 g/mol. The lowest BCUT2D eigenvalue weighted by Crippen LogP contribution is -2.17. The van der Waals surface area contributed by atoms with E-state index in [1.54, 1.807) is 37.6 Å². The second-order valence-corrected chi connectivity index (χ2v) is 4.90. The van der Waals surface area contributed by atoms with E-state index in [1.807, 2.05) is 24.3 Å². The van der Waals surface area contributed by atoms with Crippen LogP contribution in [-0.4, -0.2) is 19.2 Å². The van der Waals surface area contributed by atoms with Crippen LogP contribution in [0.2, 0.25) is 0 Å². The Balaban J connectivity index is 1.99. The van der Waals surface area contributed by atoms with Crippen LogP contribution in [0, 0.1) is 0 Å². The van der Waals surface area contributed by atoms with Crippen LogP contribution >= 0.6 is 15.9 Å². The van der Waals surface area contributed by atoms with Crippen molar-refractivity contribution in [1.29, 1.82) is 0 Å². The topological polar surface area (TPSA) is 50.7 Å². The van der Waals surface area contributed by atoms with Gasteiger partial charge in [0.05, 0.1) is 13.3 Å². The number of hydrazone groups is 1. The molecule has 0 bridgehead atoms. The third kappa shape index (κ3) is 3.93. The van der Waals surface area contributed by atoms with E-state index < -0.39 is 0 Å². The molecule has 0 heterocycles. The molecule has 2 rings (SSSR count). The van der Waals surface area contributed by atoms with Gasteiger partial charge in [0.1, 0.15) is 5.75 Å². The van der Waals surface area contributed by atoms with Gasteiger partial charge in [-0.15, -0.1) is 0 Å². The molecule has 0 atom stereocenters. The Hall–Kier alpha value is -2.14. The lowest BCUT2D eigenvalue weighted by Gasteiger charge is -2.02. The van der Waals surface area contributed by atoms with Crippen molar-refractivity contribution in [2.45, 2.75) is 0 Å². The van der Waals surface area contributed by atoms with Crippen molar-refractivity contribution in [1.82, 2.24) is 5.43 Å². The second kappa shape index (κ2) is 6.86. The molecular formula is C15H13BrN2O2. The fraction of sp³-hybridized carbons (Fsp3) is 0.0667. The molecule has 1 amide bonds. The zero-order valence-corrected chi connectivity index (χ0v) is 12.4. The summed E-state index contributed by atoms with van der Waals surface area (Å²) in [5.74, 6) is 0.354. The quantitative estimate of drug-likeness (QED) is 0.690. The summed E-state index contributed by atoms with van der Waals surface area (Å²) in [7, 11) is 1.56. The van der Waals surface area contributed by atoms with E-state index in [9.17, 15) is 4.79 Å². The third-order valence-electron chi connectivity index (χ3n) is 2.58. The molecule has 0 saturated carbocycles. The molecule has 2 aromatic carbocycles. The van der Waals surface area contributed by atoms with Crippen LogP contribution in [-0.2, 0) is 0 Å². The van der Waals surface area contributed by atoms with E-state index in [0.717, 1.165) is 10.0 Å². The number of halogens is 1. The first kappa shape index (κ1) is 14.3. The maximum Gasteiger partial charge on any atom is 0.271 e. The summed E-state index contributed by atoms with van der Waals surface area (Å²) in [4.78, 5) is 11.9. The van der Waals surface area contributed by atoms with Gasteiger partial charge in [0.15, 0.2) is 0 Å². The van der Waals surface area contributed by atoms with Crippen LogP contribution in [0.25, 0.3) is 0 Å². The molecule has 0 aliphatic heterocycles. The molecule has 0 aliphatic carbocycles. The number of hydrogen-bond acceptors (Lipinski definition) is 3. The van der Waals surface area contributed by atoms with Crippen LogP contribution in [0.15, 0.2) is 58.1 Å². The molecule has 102 valence electrons. The molecule has 0 radical (unpaired) electrons. The van der Waals surface area contributed by atoms with E-state index in [0.29, 0.717) is 11.3 Å². The summed E-state index contributed by atoms with van der Waals surface area (Å²) in [6, 6.07) is 14.5. The Bertz CT molecular complexity index is 624. The van der Waals surface area contributed by atoms with E-state index in [-0.39, 0.29) is 5.91 Å². The average molecular weight is 333 g/mol. The number of ether oxygens (including phenoxy) is 1. The summed E-state index contributed by atoms with van der Waals surface area (Å²) in [5.41, 5.74) is 3.88. The highest BCUT2D eigenvalue weighted by molar-refractivity contribution is 9.10. The molecule has 0 fully saturated rings. The Morgan fingerprint density at radius 2 is 2.00 bits per heavy atom. The maximum absolute atomic E-state index is 11.9. The van der Waals surface area contributed by atoms with Crippen molar-refractivity contribution < 1.29 is 9.53 Å². The number of methoxy groups -OCH3 is 1. The lowest BCUT2D eigenvalue weighted by atomic mass is 10.2. The predicted molar refractivity (Wildman–Crippen MR) is 82.2 cm³/mol. The van der Waals surface area contributed by atoms with Gasteiger partial charge in [-0.2, -0.15) is 5.10 Å². The van der Waals surface area contributed by atoms with E-state index >= 15 is 0 Å². The first-order chi connectivity index (χ1) is 9.69. The fourth-order valence-electron chi connectivity index (χ4n) is 1.54. The standard InChI is InChI=1S/C15H13BrN2O2/c1-20-14-4-2-3-12(9-14)15(19)18-17-10-11-5-7-13(16)8-6-11/h2-10H,1H3,(H,18,19). The third-order valence-corrected chi connectivity index (χ3v) is 3.11. The molecule has 1 N–H and O–H groups in total. The Morgan fingerprint density at radius 1 is 1.25 bits per heavy atom. The summed E-state index contributed by atoms with van der Waals surface area (Å²) >= 11 is 3.35. The van der Waals surface area contributed by atoms with Gasteiger partial charge in [-0.05, 0) is 35.9 Å². The van der Waals surface area contributed by atoms with Crippen LogP contribution in [0.3, 0.4) is 0 Å². The first-order valence-corrected chi connectivity index (χ1v) is 6.71. The molecule has 4 nitrogen and oxygen atoms in total. The Labute approximate surface area is 125 Å². The van der Waals surface area contributed by atoms with E-state index in [2.05, 4.69) is 26.5 Å². The predicted octanol–water partition coefficient (Wildman–Crippen LogP) is 3.22. The van der Waals surface area contributed by atoms with E-state index in [4.69, 9.17) is 4.74 Å². The van der Waals surface area contributed by atoms with Gasteiger partial charge in [-0.25, -0.2) is 5.43 Å². The van der Waals surface area contributed by atoms with Crippen LogP contribution in [0.5, 0.6) is 5.75 Å². The summed E-state index contributed by atoms with van der Waals surface area (Å²) < 4.78 is 6.06. The molecule has 0 aliphatic rings. The SMILES string of the molecule is COc1cccc(C(=O)NN=Cc2ccc(Br)cc2)c1. The fourth-order valence-corrected chi connectivity index (χ4v) is 1.81. The number of hydrogen-bond donors (Lipinski definition) is 1. The normalized spacial score (nSPS) is 10.5. The van der Waals surface area contributed by atoms with Gasteiger partial charge in [0.2, 0.25) is 0 Å². The van der Waals surface area contributed by atoms with Crippen LogP contribution in [0.1, 0.15) is 15.9 Å². The highest BCUT2D eigenvalue weighted by Crippen LogP contribution is 2.12. The van der Waals surface area contributed by atoms with Crippen molar-refractivity contribution in [3.05, 3.63) is 64.1 Å². The number of rotatable bonds is 4. The summed E-state index contributed by atoms with van der Waals surface area (Å²) in [6.07, 6.45) is 1.59.